The molecule has 1 aliphatic rings. The molecule has 0 aromatic carbocycles. The molecule has 0 saturated carbocycles. The van der Waals surface area contributed by atoms with Gasteiger partial charge in [-0.2, -0.15) is 0 Å². The molecule has 0 aromatic heterocycles. The Labute approximate surface area is 86.3 Å². The highest BCUT2D eigenvalue weighted by atomic mass is 16.5. The molecule has 80 valence electrons. The van der Waals surface area contributed by atoms with Crippen LogP contribution >= 0.6 is 0 Å². The predicted molar refractivity (Wildman–Crippen MR) is 57.3 cm³/mol. The van der Waals surface area contributed by atoms with Crippen LogP contribution in [0.2, 0.25) is 0 Å². The smallest absolute Gasteiger partial charge is 0.158 e. The predicted octanol–water partition coefficient (Wildman–Crippen LogP) is 2.87. The first kappa shape index (κ1) is 11.4. The van der Waals surface area contributed by atoms with Crippen molar-refractivity contribution in [3.05, 3.63) is 11.6 Å². The average Bonchev–Trinajstić information content (AvgIpc) is 2.69. The summed E-state index contributed by atoms with van der Waals surface area (Å²) in [5, 5.41) is 0. The molecule has 1 rings (SSSR count). The summed E-state index contributed by atoms with van der Waals surface area (Å²) >= 11 is 0. The summed E-state index contributed by atoms with van der Waals surface area (Å²) in [6, 6.07) is 0. The van der Waals surface area contributed by atoms with Gasteiger partial charge in [0.2, 0.25) is 0 Å². The van der Waals surface area contributed by atoms with Crippen LogP contribution in [0.5, 0.6) is 0 Å². The van der Waals surface area contributed by atoms with Gasteiger partial charge >= 0.3 is 0 Å². The van der Waals surface area contributed by atoms with Crippen molar-refractivity contribution < 1.29 is 9.53 Å². The summed E-state index contributed by atoms with van der Waals surface area (Å²) in [4.78, 5) is 11.6. The third-order valence-electron chi connectivity index (χ3n) is 2.80. The Bertz CT molecular complexity index is 212. The fourth-order valence-electron chi connectivity index (χ4n) is 1.89. The van der Waals surface area contributed by atoms with Crippen LogP contribution in [0.1, 0.15) is 46.0 Å². The Kier molecular flexibility index (Phi) is 4.88. The molecule has 0 N–H and O–H groups in total. The van der Waals surface area contributed by atoms with Crippen LogP contribution < -0.4 is 0 Å². The number of hydrogen-bond acceptors (Lipinski definition) is 2. The zero-order chi connectivity index (χ0) is 10.4. The van der Waals surface area contributed by atoms with E-state index in [1.165, 1.54) is 0 Å². The number of allylic oxidation sites excluding steroid dienone is 2. The van der Waals surface area contributed by atoms with Crippen LogP contribution in [-0.4, -0.2) is 18.5 Å². The van der Waals surface area contributed by atoms with Crippen LogP contribution in [0.25, 0.3) is 0 Å². The average molecular weight is 196 g/mol. The maximum absolute atomic E-state index is 11.6. The molecule has 0 spiro atoms. The monoisotopic (exact) mass is 196 g/mol. The molecule has 2 heteroatoms. The molecule has 2 nitrogen and oxygen atoms in total. The highest BCUT2D eigenvalue weighted by Gasteiger charge is 2.17. The fourth-order valence-corrected chi connectivity index (χ4v) is 1.89. The highest BCUT2D eigenvalue weighted by molar-refractivity contribution is 5.95. The van der Waals surface area contributed by atoms with Gasteiger partial charge in [-0.15, -0.1) is 0 Å². The van der Waals surface area contributed by atoms with Gasteiger partial charge in [0.1, 0.15) is 0 Å². The van der Waals surface area contributed by atoms with E-state index in [0.29, 0.717) is 18.3 Å². The normalized spacial score (nSPS) is 22.7. The quantitative estimate of drug-likeness (QED) is 0.632. The number of Topliss-reactive ketones (excluding diaryl/α,β-unsaturated/α-hetero) is 1. The standard InChI is InChI=1S/C12H20O2/c1-3-10(4-2)12(13)8-7-11-6-5-9-14-11/h3,11H,4-9H2,1-2H3. The van der Waals surface area contributed by atoms with E-state index >= 15 is 0 Å². The van der Waals surface area contributed by atoms with Crippen LogP contribution in [0.4, 0.5) is 0 Å². The summed E-state index contributed by atoms with van der Waals surface area (Å²) in [6.07, 6.45) is 6.95. The Morgan fingerprint density at radius 2 is 2.36 bits per heavy atom. The summed E-state index contributed by atoms with van der Waals surface area (Å²) in [6.45, 7) is 4.84. The molecule has 1 fully saturated rings. The van der Waals surface area contributed by atoms with Crippen molar-refractivity contribution in [3.8, 4) is 0 Å². The van der Waals surface area contributed by atoms with E-state index in [2.05, 4.69) is 0 Å². The topological polar surface area (TPSA) is 26.3 Å². The van der Waals surface area contributed by atoms with Crippen molar-refractivity contribution >= 4 is 5.78 Å². The van der Waals surface area contributed by atoms with Crippen molar-refractivity contribution in [2.45, 2.75) is 52.1 Å². The van der Waals surface area contributed by atoms with E-state index in [0.717, 1.165) is 37.9 Å². The van der Waals surface area contributed by atoms with Gasteiger partial charge in [0.05, 0.1) is 6.10 Å². The second-order valence-corrected chi connectivity index (χ2v) is 3.76. The lowest BCUT2D eigenvalue weighted by atomic mass is 10.0. The van der Waals surface area contributed by atoms with E-state index in [4.69, 9.17) is 4.74 Å². The molecule has 0 amide bonds. The second kappa shape index (κ2) is 5.97. The second-order valence-electron chi connectivity index (χ2n) is 3.76. The van der Waals surface area contributed by atoms with Gasteiger partial charge in [-0.3, -0.25) is 4.79 Å². The van der Waals surface area contributed by atoms with Gasteiger partial charge in [0.15, 0.2) is 5.78 Å². The molecular formula is C12H20O2. The highest BCUT2D eigenvalue weighted by Crippen LogP contribution is 2.18. The minimum Gasteiger partial charge on any atom is -0.378 e. The lowest BCUT2D eigenvalue weighted by Gasteiger charge is -2.08. The minimum atomic E-state index is 0.297. The van der Waals surface area contributed by atoms with Crippen molar-refractivity contribution in [2.75, 3.05) is 6.61 Å². The molecule has 1 saturated heterocycles. The Balaban J connectivity index is 2.26. The molecule has 0 bridgehead atoms. The zero-order valence-electron chi connectivity index (χ0n) is 9.21. The van der Waals surface area contributed by atoms with Crippen molar-refractivity contribution in [1.29, 1.82) is 0 Å². The van der Waals surface area contributed by atoms with Crippen molar-refractivity contribution in [2.24, 2.45) is 0 Å². The van der Waals surface area contributed by atoms with Crippen LogP contribution in [0.3, 0.4) is 0 Å². The van der Waals surface area contributed by atoms with Gasteiger partial charge in [-0.05, 0) is 38.2 Å². The number of rotatable bonds is 5. The lowest BCUT2D eigenvalue weighted by Crippen LogP contribution is -2.09. The Hall–Kier alpha value is -0.630. The van der Waals surface area contributed by atoms with Crippen LogP contribution in [0.15, 0.2) is 11.6 Å². The maximum Gasteiger partial charge on any atom is 0.158 e. The van der Waals surface area contributed by atoms with Crippen molar-refractivity contribution in [1.82, 2.24) is 0 Å². The van der Waals surface area contributed by atoms with Gasteiger partial charge < -0.3 is 4.74 Å². The molecule has 0 aromatic rings. The first-order valence-electron chi connectivity index (χ1n) is 5.58. The van der Waals surface area contributed by atoms with E-state index < -0.39 is 0 Å². The number of ether oxygens (including phenoxy) is 1. The Morgan fingerprint density at radius 3 is 2.86 bits per heavy atom. The third-order valence-corrected chi connectivity index (χ3v) is 2.80. The SMILES string of the molecule is CC=C(CC)C(=O)CCC1CCCO1. The molecule has 1 heterocycles. The largest absolute Gasteiger partial charge is 0.378 e. The number of carbonyl (C=O) groups excluding carboxylic acids is 1. The first-order valence-corrected chi connectivity index (χ1v) is 5.58. The van der Waals surface area contributed by atoms with Gasteiger partial charge in [0.25, 0.3) is 0 Å². The zero-order valence-corrected chi connectivity index (χ0v) is 9.21. The summed E-state index contributed by atoms with van der Waals surface area (Å²) < 4.78 is 5.48. The van der Waals surface area contributed by atoms with Crippen LogP contribution in [-0.2, 0) is 9.53 Å². The molecule has 1 unspecified atom stereocenters. The van der Waals surface area contributed by atoms with Gasteiger partial charge in [-0.25, -0.2) is 0 Å². The molecular weight excluding hydrogens is 176 g/mol. The molecule has 0 radical (unpaired) electrons. The third kappa shape index (κ3) is 3.26. The summed E-state index contributed by atoms with van der Waals surface area (Å²) in [5.74, 6) is 0.297. The van der Waals surface area contributed by atoms with Gasteiger partial charge in [-0.1, -0.05) is 13.0 Å². The number of hydrogen-bond donors (Lipinski definition) is 0. The molecule has 14 heavy (non-hydrogen) atoms. The summed E-state index contributed by atoms with van der Waals surface area (Å²) in [5.41, 5.74) is 0.961. The molecule has 1 atom stereocenters. The minimum absolute atomic E-state index is 0.297. The van der Waals surface area contributed by atoms with E-state index in [1.54, 1.807) is 0 Å². The van der Waals surface area contributed by atoms with E-state index in [1.807, 2.05) is 19.9 Å². The fraction of sp³-hybridized carbons (Fsp3) is 0.750. The van der Waals surface area contributed by atoms with Crippen molar-refractivity contribution in [3.63, 3.8) is 0 Å². The van der Waals surface area contributed by atoms with Crippen LogP contribution in [0, 0.1) is 0 Å². The number of carbonyl (C=O) groups is 1. The van der Waals surface area contributed by atoms with E-state index in [9.17, 15) is 4.79 Å². The summed E-state index contributed by atoms with van der Waals surface area (Å²) in [7, 11) is 0. The number of ketones is 1. The van der Waals surface area contributed by atoms with E-state index in [-0.39, 0.29) is 0 Å². The lowest BCUT2D eigenvalue weighted by molar-refractivity contribution is -0.116. The maximum atomic E-state index is 11.6. The first-order chi connectivity index (χ1) is 6.77. The molecule has 0 aliphatic carbocycles. The Morgan fingerprint density at radius 1 is 1.57 bits per heavy atom. The molecule has 1 aliphatic heterocycles. The van der Waals surface area contributed by atoms with Gasteiger partial charge in [0, 0.05) is 13.0 Å².